The molecule has 0 rings (SSSR count). The molecule has 5 nitrogen and oxygen atoms in total. The Morgan fingerprint density at radius 2 is 2.12 bits per heavy atom. The van der Waals surface area contributed by atoms with Gasteiger partial charge in [-0.25, -0.2) is 0 Å². The molecule has 0 bridgehead atoms. The topological polar surface area (TPSA) is 61.8 Å². The van der Waals surface area contributed by atoms with Crippen LogP contribution in [0.3, 0.4) is 0 Å². The second kappa shape index (κ2) is 9.57. The van der Waals surface area contributed by atoms with Crippen LogP contribution in [0.1, 0.15) is 20.3 Å². The number of hydrogen-bond acceptors (Lipinski definition) is 4. The minimum Gasteiger partial charge on any atom is -0.480 e. The van der Waals surface area contributed by atoms with Crippen LogP contribution in [0, 0.1) is 0 Å². The zero-order valence-electron chi connectivity index (χ0n) is 10.5. The van der Waals surface area contributed by atoms with Crippen LogP contribution in [0.4, 0.5) is 0 Å². The first kappa shape index (κ1) is 15.3. The van der Waals surface area contributed by atoms with E-state index in [2.05, 4.69) is 17.1 Å². The van der Waals surface area contributed by atoms with Gasteiger partial charge in [-0.15, -0.1) is 0 Å². The third-order valence-corrected chi connectivity index (χ3v) is 2.58. The van der Waals surface area contributed by atoms with E-state index in [9.17, 15) is 4.79 Å². The predicted molar refractivity (Wildman–Crippen MR) is 63.7 cm³/mol. The lowest BCUT2D eigenvalue weighted by Gasteiger charge is -2.22. The van der Waals surface area contributed by atoms with Crippen LogP contribution in [0.5, 0.6) is 0 Å². The maximum atomic E-state index is 10.8. The standard InChI is InChI=1S/C11H24N2O3/c1-4-13(8-9-16-5-2)7-6-10(12-3)11(14)15/h10,12H,4-9H2,1-3H3,(H,14,15). The fourth-order valence-electron chi connectivity index (χ4n) is 1.47. The Labute approximate surface area is 97.8 Å². The Morgan fingerprint density at radius 1 is 1.44 bits per heavy atom. The lowest BCUT2D eigenvalue weighted by atomic mass is 10.2. The molecule has 0 fully saturated rings. The van der Waals surface area contributed by atoms with Crippen molar-refractivity contribution in [3.8, 4) is 0 Å². The van der Waals surface area contributed by atoms with Gasteiger partial charge in [-0.3, -0.25) is 4.79 Å². The SMILES string of the molecule is CCOCCN(CC)CCC(NC)C(=O)O. The summed E-state index contributed by atoms with van der Waals surface area (Å²) in [5.41, 5.74) is 0. The normalized spacial score (nSPS) is 13.0. The Bertz CT molecular complexity index is 188. The van der Waals surface area contributed by atoms with E-state index in [0.717, 1.165) is 26.2 Å². The lowest BCUT2D eigenvalue weighted by Crippen LogP contribution is -2.38. The largest absolute Gasteiger partial charge is 0.480 e. The highest BCUT2D eigenvalue weighted by molar-refractivity contribution is 5.73. The summed E-state index contributed by atoms with van der Waals surface area (Å²) in [5.74, 6) is -0.789. The Balaban J connectivity index is 3.79. The van der Waals surface area contributed by atoms with E-state index in [1.165, 1.54) is 0 Å². The summed E-state index contributed by atoms with van der Waals surface area (Å²) in [6, 6.07) is -0.457. The molecule has 0 heterocycles. The molecule has 0 amide bonds. The molecule has 0 saturated heterocycles. The molecule has 1 atom stereocenters. The minimum atomic E-state index is -0.789. The number of aliphatic carboxylic acids is 1. The van der Waals surface area contributed by atoms with Crippen molar-refractivity contribution in [2.75, 3.05) is 39.9 Å². The molecule has 0 aromatic heterocycles. The van der Waals surface area contributed by atoms with Crippen LogP contribution in [0.2, 0.25) is 0 Å². The van der Waals surface area contributed by atoms with Gasteiger partial charge in [0, 0.05) is 19.7 Å². The molecule has 0 aromatic carbocycles. The van der Waals surface area contributed by atoms with Crippen LogP contribution >= 0.6 is 0 Å². The highest BCUT2D eigenvalue weighted by atomic mass is 16.5. The van der Waals surface area contributed by atoms with E-state index in [1.807, 2.05) is 6.92 Å². The van der Waals surface area contributed by atoms with E-state index < -0.39 is 12.0 Å². The van der Waals surface area contributed by atoms with Crippen LogP contribution < -0.4 is 5.32 Å². The number of hydrogen-bond donors (Lipinski definition) is 2. The van der Waals surface area contributed by atoms with Crippen molar-refractivity contribution in [1.29, 1.82) is 0 Å². The lowest BCUT2D eigenvalue weighted by molar-refractivity contribution is -0.139. The molecule has 0 aliphatic heterocycles. The minimum absolute atomic E-state index is 0.457. The predicted octanol–water partition coefficient (Wildman–Crippen LogP) is 0.408. The summed E-state index contributed by atoms with van der Waals surface area (Å²) in [4.78, 5) is 13.0. The molecular formula is C11H24N2O3. The smallest absolute Gasteiger partial charge is 0.320 e. The van der Waals surface area contributed by atoms with Gasteiger partial charge in [0.2, 0.25) is 0 Å². The van der Waals surface area contributed by atoms with Crippen molar-refractivity contribution in [3.63, 3.8) is 0 Å². The van der Waals surface area contributed by atoms with Gasteiger partial charge >= 0.3 is 5.97 Å². The molecule has 0 spiro atoms. The zero-order valence-corrected chi connectivity index (χ0v) is 10.5. The van der Waals surface area contributed by atoms with Gasteiger partial charge in [0.15, 0.2) is 0 Å². The van der Waals surface area contributed by atoms with E-state index in [1.54, 1.807) is 7.05 Å². The monoisotopic (exact) mass is 232 g/mol. The van der Waals surface area contributed by atoms with Crippen LogP contribution in [-0.4, -0.2) is 61.9 Å². The molecule has 0 aliphatic carbocycles. The number of nitrogens with one attached hydrogen (secondary N) is 1. The van der Waals surface area contributed by atoms with Gasteiger partial charge in [-0.2, -0.15) is 0 Å². The fourth-order valence-corrected chi connectivity index (χ4v) is 1.47. The Kier molecular flexibility index (Phi) is 9.18. The molecule has 5 heteroatoms. The number of carboxylic acids is 1. The Morgan fingerprint density at radius 3 is 2.56 bits per heavy atom. The number of ether oxygens (including phenoxy) is 1. The molecule has 16 heavy (non-hydrogen) atoms. The zero-order chi connectivity index (χ0) is 12.4. The van der Waals surface area contributed by atoms with E-state index in [-0.39, 0.29) is 0 Å². The number of nitrogens with zero attached hydrogens (tertiary/aromatic N) is 1. The summed E-state index contributed by atoms with van der Waals surface area (Å²) >= 11 is 0. The maximum absolute atomic E-state index is 10.8. The number of likely N-dealkylation sites (N-methyl/N-ethyl adjacent to an activating group) is 2. The number of rotatable bonds is 10. The van der Waals surface area contributed by atoms with Gasteiger partial charge in [0.1, 0.15) is 6.04 Å². The first-order valence-electron chi connectivity index (χ1n) is 5.85. The van der Waals surface area contributed by atoms with Crippen molar-refractivity contribution < 1.29 is 14.6 Å². The molecule has 96 valence electrons. The summed E-state index contributed by atoms with van der Waals surface area (Å²) in [7, 11) is 1.68. The maximum Gasteiger partial charge on any atom is 0.320 e. The molecule has 1 unspecified atom stereocenters. The average molecular weight is 232 g/mol. The molecule has 2 N–H and O–H groups in total. The number of carbonyl (C=O) groups is 1. The van der Waals surface area contributed by atoms with E-state index >= 15 is 0 Å². The molecule has 0 aromatic rings. The van der Waals surface area contributed by atoms with Crippen molar-refractivity contribution in [2.45, 2.75) is 26.3 Å². The molecule has 0 aliphatic rings. The van der Waals surface area contributed by atoms with Crippen molar-refractivity contribution in [2.24, 2.45) is 0 Å². The highest BCUT2D eigenvalue weighted by Crippen LogP contribution is 1.97. The van der Waals surface area contributed by atoms with E-state index in [4.69, 9.17) is 9.84 Å². The van der Waals surface area contributed by atoms with E-state index in [0.29, 0.717) is 13.0 Å². The third-order valence-electron chi connectivity index (χ3n) is 2.58. The summed E-state index contributed by atoms with van der Waals surface area (Å²) in [5, 5.41) is 11.7. The highest BCUT2D eigenvalue weighted by Gasteiger charge is 2.15. The van der Waals surface area contributed by atoms with Crippen LogP contribution in [0.25, 0.3) is 0 Å². The average Bonchev–Trinajstić information content (AvgIpc) is 2.27. The van der Waals surface area contributed by atoms with Gasteiger partial charge in [0.05, 0.1) is 6.61 Å². The van der Waals surface area contributed by atoms with Gasteiger partial charge in [-0.1, -0.05) is 6.92 Å². The van der Waals surface area contributed by atoms with Gasteiger partial charge in [0.25, 0.3) is 0 Å². The molecule has 0 saturated carbocycles. The van der Waals surface area contributed by atoms with Crippen molar-refractivity contribution >= 4 is 5.97 Å². The fraction of sp³-hybridized carbons (Fsp3) is 0.909. The van der Waals surface area contributed by atoms with Crippen LogP contribution in [0.15, 0.2) is 0 Å². The first-order valence-corrected chi connectivity index (χ1v) is 5.85. The second-order valence-corrected chi connectivity index (χ2v) is 3.60. The number of carboxylic acid groups (broad SMARTS) is 1. The third kappa shape index (κ3) is 6.76. The Hall–Kier alpha value is -0.650. The summed E-state index contributed by atoms with van der Waals surface area (Å²) < 4.78 is 5.27. The van der Waals surface area contributed by atoms with Gasteiger partial charge in [-0.05, 0) is 26.9 Å². The summed E-state index contributed by atoms with van der Waals surface area (Å²) in [6.45, 7) is 8.04. The van der Waals surface area contributed by atoms with Crippen molar-refractivity contribution in [3.05, 3.63) is 0 Å². The molecule has 0 radical (unpaired) electrons. The van der Waals surface area contributed by atoms with Gasteiger partial charge < -0.3 is 20.1 Å². The summed E-state index contributed by atoms with van der Waals surface area (Å²) in [6.07, 6.45) is 0.617. The van der Waals surface area contributed by atoms with Crippen LogP contribution in [-0.2, 0) is 9.53 Å². The first-order chi connectivity index (χ1) is 7.65. The second-order valence-electron chi connectivity index (χ2n) is 3.60. The van der Waals surface area contributed by atoms with Crippen molar-refractivity contribution in [1.82, 2.24) is 10.2 Å². The quantitative estimate of drug-likeness (QED) is 0.534. The molecular weight excluding hydrogens is 208 g/mol.